The number of methoxy groups -OCH3 is 1. The summed E-state index contributed by atoms with van der Waals surface area (Å²) in [6.45, 7) is 13.8. The molecule has 5 aromatic carbocycles. The summed E-state index contributed by atoms with van der Waals surface area (Å²) in [7, 11) is 3.27. The van der Waals surface area contributed by atoms with Crippen molar-refractivity contribution >= 4 is 67.2 Å². The summed E-state index contributed by atoms with van der Waals surface area (Å²) in [6.07, 6.45) is 17.6. The highest BCUT2D eigenvalue weighted by Crippen LogP contribution is 2.36. The van der Waals surface area contributed by atoms with E-state index in [-0.39, 0.29) is 35.0 Å². The number of amides is 4. The summed E-state index contributed by atoms with van der Waals surface area (Å²) >= 11 is 0. The Labute approximate surface area is 723 Å². The Morgan fingerprint density at radius 2 is 0.786 bits per heavy atom. The van der Waals surface area contributed by atoms with Gasteiger partial charge in [0.05, 0.1) is 114 Å². The van der Waals surface area contributed by atoms with Crippen LogP contribution in [0.4, 0.5) is 4.39 Å². The molecule has 11 aromatic heterocycles. The molecule has 0 aliphatic carbocycles. The first kappa shape index (κ1) is 88.2. The molecule has 11 heterocycles. The van der Waals surface area contributed by atoms with Gasteiger partial charge in [0.1, 0.15) is 41.0 Å². The normalized spacial score (nSPS) is 10.9. The lowest BCUT2D eigenvalue weighted by Crippen LogP contribution is -2.24. The van der Waals surface area contributed by atoms with Gasteiger partial charge in [-0.2, -0.15) is 51.3 Å². The van der Waals surface area contributed by atoms with Gasteiger partial charge in [0.25, 0.3) is 29.2 Å². The fourth-order valence-corrected chi connectivity index (χ4v) is 13.4. The number of ether oxygens (including phenoxy) is 5. The number of carbonyl (C=O) groups is 4. The Hall–Kier alpha value is -15.6. The van der Waals surface area contributed by atoms with Gasteiger partial charge in [-0.25, -0.2) is 34.3 Å². The fourth-order valence-electron chi connectivity index (χ4n) is 13.4. The lowest BCUT2D eigenvalue weighted by atomic mass is 10.1. The number of hydrogen-bond donors (Lipinski definition) is 8. The average molecular weight is 1700 g/mol. The third-order valence-corrected chi connectivity index (χ3v) is 19.7. The van der Waals surface area contributed by atoms with Gasteiger partial charge >= 0.3 is 0 Å². The van der Waals surface area contributed by atoms with Gasteiger partial charge in [-0.1, -0.05) is 0 Å². The number of nitrogens with one attached hydrogen (secondary N) is 8. The van der Waals surface area contributed by atoms with Crippen LogP contribution in [0.2, 0.25) is 0 Å². The minimum atomic E-state index is -0.308. The Kier molecular flexibility index (Phi) is 30.6. The molecule has 0 aliphatic rings. The molecule has 4 amide bonds. The number of benzene rings is 5. The van der Waals surface area contributed by atoms with E-state index in [0.29, 0.717) is 149 Å². The molecule has 0 saturated heterocycles. The molecule has 33 nitrogen and oxygen atoms in total. The second-order valence-corrected chi connectivity index (χ2v) is 28.6. The van der Waals surface area contributed by atoms with Crippen LogP contribution in [0.5, 0.6) is 28.9 Å². The van der Waals surface area contributed by atoms with Crippen molar-refractivity contribution in [1.82, 2.24) is 117 Å². The van der Waals surface area contributed by atoms with Crippen LogP contribution in [0.1, 0.15) is 123 Å². The smallest absolute Gasteiger partial charge is 0.251 e. The number of nitrogens with zero attached hydrogens (tertiary/aromatic N) is 15. The highest BCUT2D eigenvalue weighted by molar-refractivity contribution is 6.03. The molecular formula is C92H94FN23O10. The summed E-state index contributed by atoms with van der Waals surface area (Å²) in [5, 5.41) is 52.8. The van der Waals surface area contributed by atoms with Crippen LogP contribution < -0.4 is 50.5 Å². The molecule has 0 unspecified atom stereocenters. The van der Waals surface area contributed by atoms with Gasteiger partial charge in [-0.15, -0.1) is 0 Å². The molecule has 0 aliphatic heterocycles. The molecule has 0 fully saturated rings. The van der Waals surface area contributed by atoms with Crippen LogP contribution in [0.3, 0.4) is 0 Å². The maximum Gasteiger partial charge on any atom is 0.251 e. The molecule has 8 N–H and O–H groups in total. The standard InChI is InChI=1S/C23H22FN5O2.2C23H24N6O3.C23H24N6O2/c1-2-31-22-13-20(15-5-8-17(24)9-6-15)27-21-12-16(7-10-19(21)22)23(30)25-11-3-4-18-14-26-29-28-18;1-3-32-20-13-18(15-8-10-29(2)22(30)12-15)27-19-11-16(6-7-17(19)20)23(31)24-9-4-5-21-25-14-26-28-21;1-3-32-21-13-19(15-8-10-24-22(12-15)31-2)27-20-11-16(6-7-18(20)21)23(30)25-9-4-5-17-14-26-29-28-17;1-3-31-22-13-20(16-8-10-24-15(2)11-16)27-21-12-17(6-7-19(21)22)23(30)25-9-4-5-18-14-26-29-28-18/h5-10,12-14H,2-4,11H2,1H3,(H,25,30)(H,26,28,29);6-8,10-14H,3-5,9H2,1-2H3,(H,24,31)(H,25,26,28);6-8,10-14H,3-5,9H2,1-2H3,(H,25,30)(H,26,28,29);6-8,10-14H,3-5,9H2,1-2H3,(H,25,30)(H,26,28,29). The SMILES string of the molecule is CCOc1cc(-c2ccc(F)cc2)nc2cc(C(=O)NCCCc3cn[nH]n3)ccc12.CCOc1cc(-c2ccn(C)c(=O)c2)nc2cc(C(=O)NCCCc3ncn[nH]3)ccc12.CCOc1cc(-c2ccnc(C)c2)nc2cc(C(=O)NCCCc3cn[nH]n3)ccc12.CCOc1cc(-c2ccnc(OC)c2)nc2cc(C(=O)NCCCc3cn[nH]n3)ccc12. The number of hydrogen-bond acceptors (Lipinski definition) is 24. The first-order valence-corrected chi connectivity index (χ1v) is 41.2. The van der Waals surface area contributed by atoms with E-state index in [2.05, 4.69) is 92.6 Å². The number of carbonyl (C=O) groups excluding carboxylic acids is 4. The Morgan fingerprint density at radius 3 is 1.13 bits per heavy atom. The van der Waals surface area contributed by atoms with E-state index in [4.69, 9.17) is 43.6 Å². The predicted octanol–water partition coefficient (Wildman–Crippen LogP) is 13.1. The zero-order chi connectivity index (χ0) is 88.1. The van der Waals surface area contributed by atoms with Crippen LogP contribution in [-0.2, 0) is 32.7 Å². The molecule has 16 rings (SSSR count). The van der Waals surface area contributed by atoms with Gasteiger partial charge in [0.2, 0.25) is 5.88 Å². The molecule has 0 spiro atoms. The minimum Gasteiger partial charge on any atom is -0.493 e. The molecule has 126 heavy (non-hydrogen) atoms. The third-order valence-electron chi connectivity index (χ3n) is 19.7. The lowest BCUT2D eigenvalue weighted by Gasteiger charge is -2.12. The van der Waals surface area contributed by atoms with Crippen molar-refractivity contribution in [2.45, 2.75) is 86.0 Å². The summed E-state index contributed by atoms with van der Waals surface area (Å²) < 4.78 is 43.3. The van der Waals surface area contributed by atoms with E-state index >= 15 is 0 Å². The molecule has 644 valence electrons. The molecule has 0 radical (unpaired) electrons. The minimum absolute atomic E-state index is 0.124. The second-order valence-electron chi connectivity index (χ2n) is 28.6. The van der Waals surface area contributed by atoms with E-state index in [1.165, 1.54) is 29.1 Å². The van der Waals surface area contributed by atoms with Gasteiger partial charge < -0.3 is 49.5 Å². The maximum absolute atomic E-state index is 13.3. The number of aryl methyl sites for hydroxylation is 6. The van der Waals surface area contributed by atoms with Crippen molar-refractivity contribution in [3.8, 4) is 73.9 Å². The number of halogens is 1. The van der Waals surface area contributed by atoms with Crippen molar-refractivity contribution < 1.29 is 47.3 Å². The van der Waals surface area contributed by atoms with Crippen LogP contribution in [0.15, 0.2) is 206 Å². The largest absolute Gasteiger partial charge is 0.493 e. The van der Waals surface area contributed by atoms with Crippen molar-refractivity contribution in [1.29, 1.82) is 0 Å². The van der Waals surface area contributed by atoms with Crippen molar-refractivity contribution in [2.75, 3.05) is 59.7 Å². The number of pyridine rings is 7. The molecule has 0 saturated carbocycles. The van der Waals surface area contributed by atoms with Crippen molar-refractivity contribution in [3.05, 3.63) is 268 Å². The van der Waals surface area contributed by atoms with E-state index in [1.54, 1.807) is 106 Å². The zero-order valence-electron chi connectivity index (χ0n) is 70.5. The summed E-state index contributed by atoms with van der Waals surface area (Å²) in [4.78, 5) is 94.1. The van der Waals surface area contributed by atoms with Gasteiger partial charge in [-0.05, 0) is 201 Å². The Bertz CT molecular complexity index is 6420. The average Bonchev–Trinajstić information content (AvgIpc) is 0.855. The van der Waals surface area contributed by atoms with Crippen LogP contribution in [-0.4, -0.2) is 179 Å². The van der Waals surface area contributed by atoms with Crippen molar-refractivity contribution in [3.63, 3.8) is 0 Å². The molecule has 0 atom stereocenters. The maximum atomic E-state index is 13.3. The molecule has 16 aromatic rings. The number of aromatic nitrogens is 19. The Morgan fingerprint density at radius 1 is 0.413 bits per heavy atom. The van der Waals surface area contributed by atoms with Gasteiger partial charge in [0, 0.05) is 166 Å². The highest BCUT2D eigenvalue weighted by atomic mass is 19.1. The van der Waals surface area contributed by atoms with Crippen LogP contribution >= 0.6 is 0 Å². The molecule has 0 bridgehead atoms. The van der Waals surface area contributed by atoms with Gasteiger partial charge in [-0.3, -0.25) is 34.1 Å². The third kappa shape index (κ3) is 23.7. The Balaban J connectivity index is 0.000000144. The zero-order valence-corrected chi connectivity index (χ0v) is 70.5. The summed E-state index contributed by atoms with van der Waals surface area (Å²) in [5.74, 6) is 3.14. The number of H-pyrrole nitrogens is 4. The predicted molar refractivity (Wildman–Crippen MR) is 474 cm³/mol. The van der Waals surface area contributed by atoms with E-state index in [9.17, 15) is 28.4 Å². The topological polar surface area (TPSA) is 428 Å². The summed E-state index contributed by atoms with van der Waals surface area (Å²) in [6, 6.07) is 46.2. The number of rotatable bonds is 33. The molecular weight excluding hydrogens is 1610 g/mol. The van der Waals surface area contributed by atoms with Crippen LogP contribution in [0, 0.1) is 12.7 Å². The lowest BCUT2D eigenvalue weighted by molar-refractivity contribution is 0.0945. The number of aromatic amines is 4. The summed E-state index contributed by atoms with van der Waals surface area (Å²) in [5.41, 5.74) is 14.2. The fraction of sp³-hybridized carbons (Fsp3) is 0.250. The highest BCUT2D eigenvalue weighted by Gasteiger charge is 2.20. The van der Waals surface area contributed by atoms with Gasteiger partial charge in [0.15, 0.2) is 0 Å². The first-order valence-electron chi connectivity index (χ1n) is 41.2. The second kappa shape index (κ2) is 43.7. The van der Waals surface area contributed by atoms with E-state index in [1.807, 2.05) is 120 Å². The first-order chi connectivity index (χ1) is 61.5. The monoisotopic (exact) mass is 1700 g/mol. The number of fused-ring (bicyclic) bond motifs is 4. The van der Waals surface area contributed by atoms with E-state index in [0.717, 1.165) is 123 Å². The molecule has 34 heteroatoms. The quantitative estimate of drug-likeness (QED) is 0.0177. The van der Waals surface area contributed by atoms with Crippen molar-refractivity contribution in [2.24, 2.45) is 7.05 Å². The van der Waals surface area contributed by atoms with E-state index < -0.39 is 0 Å². The van der Waals surface area contributed by atoms with Crippen LogP contribution in [0.25, 0.3) is 88.6 Å².